The van der Waals surface area contributed by atoms with Crippen molar-refractivity contribution in [2.24, 2.45) is 29.6 Å². The van der Waals surface area contributed by atoms with Crippen molar-refractivity contribution >= 4 is 5.91 Å². The Labute approximate surface area is 193 Å². The molecular weight excluding hydrogens is 398 g/mol. The van der Waals surface area contributed by atoms with Gasteiger partial charge in [0.05, 0.1) is 0 Å². The second-order valence-electron chi connectivity index (χ2n) is 11.5. The lowest BCUT2D eigenvalue weighted by molar-refractivity contribution is -0.131. The van der Waals surface area contributed by atoms with Crippen LogP contribution in [0, 0.1) is 29.6 Å². The molecule has 5 aliphatic rings. The third-order valence-electron chi connectivity index (χ3n) is 9.06. The Balaban J connectivity index is 1.73. The fraction of sp³-hybridized carbons (Fsp3) is 0.741. The van der Waals surface area contributed by atoms with Crippen molar-refractivity contribution in [3.63, 3.8) is 0 Å². The number of hydrazine groups is 1. The lowest BCUT2D eigenvalue weighted by Gasteiger charge is -2.47. The molecule has 5 heteroatoms. The molecule has 0 aromatic heterocycles. The van der Waals surface area contributed by atoms with E-state index < -0.39 is 6.23 Å². The van der Waals surface area contributed by atoms with Crippen molar-refractivity contribution in [3.8, 4) is 0 Å². The monoisotopic (exact) mass is 439 g/mol. The largest absolute Gasteiger partial charge is 0.377 e. The fourth-order valence-electron chi connectivity index (χ4n) is 7.69. The van der Waals surface area contributed by atoms with E-state index in [1.807, 2.05) is 0 Å². The number of aliphatic hydroxyl groups is 1. The molecule has 0 spiro atoms. The first kappa shape index (κ1) is 22.4. The first-order chi connectivity index (χ1) is 15.2. The van der Waals surface area contributed by atoms with Crippen LogP contribution in [-0.2, 0) is 4.79 Å². The molecule has 7 atom stereocenters. The van der Waals surface area contributed by atoms with E-state index in [1.54, 1.807) is 5.57 Å². The van der Waals surface area contributed by atoms with Crippen LogP contribution in [0.4, 0.5) is 0 Å². The number of hydrogen-bond acceptors (Lipinski definition) is 4. The zero-order chi connectivity index (χ0) is 22.9. The maximum atomic E-state index is 14.2. The van der Waals surface area contributed by atoms with Gasteiger partial charge in [-0.05, 0) is 82.3 Å². The number of rotatable bonds is 3. The van der Waals surface area contributed by atoms with Gasteiger partial charge in [0.15, 0.2) is 0 Å². The Kier molecular flexibility index (Phi) is 5.67. The Morgan fingerprint density at radius 1 is 1.19 bits per heavy atom. The molecule has 1 amide bonds. The van der Waals surface area contributed by atoms with Gasteiger partial charge >= 0.3 is 0 Å². The number of amides is 1. The van der Waals surface area contributed by atoms with Crippen molar-refractivity contribution in [1.29, 1.82) is 0 Å². The number of nitrogens with zero attached hydrogens (tertiary/aromatic N) is 2. The molecule has 5 bridgehead atoms. The zero-order valence-corrected chi connectivity index (χ0v) is 20.6. The van der Waals surface area contributed by atoms with Crippen LogP contribution in [0.1, 0.15) is 67.2 Å². The smallest absolute Gasteiger partial charge is 0.250 e. The van der Waals surface area contributed by atoms with Gasteiger partial charge in [-0.3, -0.25) is 10.2 Å². The number of carbonyl (C=O) groups is 1. The first-order valence-electron chi connectivity index (χ1n) is 12.9. The number of carbonyl (C=O) groups excluding carboxylic acids is 1. The highest BCUT2D eigenvalue weighted by atomic mass is 16.3. The van der Waals surface area contributed by atoms with E-state index in [1.165, 1.54) is 11.1 Å². The Morgan fingerprint density at radius 3 is 2.59 bits per heavy atom. The minimum Gasteiger partial charge on any atom is -0.377 e. The molecule has 5 nitrogen and oxygen atoms in total. The maximum Gasteiger partial charge on any atom is 0.250 e. The summed E-state index contributed by atoms with van der Waals surface area (Å²) in [7, 11) is 0. The van der Waals surface area contributed by atoms with Gasteiger partial charge in [0.1, 0.15) is 6.23 Å². The Hall–Kier alpha value is -1.43. The molecule has 4 unspecified atom stereocenters. The summed E-state index contributed by atoms with van der Waals surface area (Å²) in [4.78, 5) is 16.3. The first-order valence-corrected chi connectivity index (χ1v) is 12.9. The van der Waals surface area contributed by atoms with E-state index in [9.17, 15) is 9.90 Å². The van der Waals surface area contributed by atoms with Gasteiger partial charge in [0.2, 0.25) is 0 Å². The number of allylic oxidation sites excluding steroid dienone is 4. The minimum absolute atomic E-state index is 0.0259. The van der Waals surface area contributed by atoms with Crippen LogP contribution in [0.5, 0.6) is 0 Å². The molecule has 0 radical (unpaired) electrons. The molecule has 3 aliphatic carbocycles. The number of hydrogen-bond donors (Lipinski definition) is 2. The van der Waals surface area contributed by atoms with Crippen molar-refractivity contribution in [3.05, 3.63) is 34.4 Å². The second-order valence-corrected chi connectivity index (χ2v) is 11.5. The van der Waals surface area contributed by atoms with Crippen LogP contribution in [0.15, 0.2) is 34.4 Å². The molecule has 0 aromatic carbocycles. The molecule has 176 valence electrons. The van der Waals surface area contributed by atoms with Gasteiger partial charge in [0, 0.05) is 42.1 Å². The predicted octanol–water partition coefficient (Wildman–Crippen LogP) is 4.02. The van der Waals surface area contributed by atoms with Crippen LogP contribution in [-0.4, -0.2) is 51.8 Å². The molecule has 2 heterocycles. The van der Waals surface area contributed by atoms with Crippen molar-refractivity contribution < 1.29 is 9.90 Å². The summed E-state index contributed by atoms with van der Waals surface area (Å²) in [6.45, 7) is 13.8. The van der Waals surface area contributed by atoms with Gasteiger partial charge < -0.3 is 10.0 Å². The summed E-state index contributed by atoms with van der Waals surface area (Å²) in [5.41, 5.74) is 9.03. The van der Waals surface area contributed by atoms with E-state index in [2.05, 4.69) is 69.0 Å². The lowest BCUT2D eigenvalue weighted by atomic mass is 9.61. The van der Waals surface area contributed by atoms with Crippen LogP contribution in [0.2, 0.25) is 0 Å². The zero-order valence-electron chi connectivity index (χ0n) is 20.6. The van der Waals surface area contributed by atoms with E-state index >= 15 is 0 Å². The van der Waals surface area contributed by atoms with E-state index in [0.717, 1.165) is 37.8 Å². The van der Waals surface area contributed by atoms with E-state index in [4.69, 9.17) is 0 Å². The van der Waals surface area contributed by atoms with Crippen LogP contribution in [0.3, 0.4) is 0 Å². The van der Waals surface area contributed by atoms with Crippen LogP contribution < -0.4 is 5.43 Å². The quantitative estimate of drug-likeness (QED) is 0.652. The molecule has 2 aliphatic heterocycles. The summed E-state index contributed by atoms with van der Waals surface area (Å²) in [5, 5.41) is 13.4. The summed E-state index contributed by atoms with van der Waals surface area (Å²) in [5.74, 6) is 1.95. The number of aliphatic hydroxyl groups excluding tert-OH is 1. The Morgan fingerprint density at radius 2 is 1.91 bits per heavy atom. The van der Waals surface area contributed by atoms with Crippen LogP contribution in [0.25, 0.3) is 0 Å². The SMILES string of the molecule is CC1C2C(C(=O)N(C(C)C)C(C)C)=C3CCC4C5=C3CC2N(NC[C@H](C)[C@@H]4C=CC5)[C@@H]1O. The van der Waals surface area contributed by atoms with Gasteiger partial charge in [-0.15, -0.1) is 0 Å². The van der Waals surface area contributed by atoms with Gasteiger partial charge in [0.25, 0.3) is 5.91 Å². The molecular formula is C27H41N3O2. The summed E-state index contributed by atoms with van der Waals surface area (Å²) in [6, 6.07) is 0.446. The molecule has 0 aromatic rings. The maximum absolute atomic E-state index is 14.2. The number of nitrogens with one attached hydrogen (secondary N) is 1. The molecule has 1 fully saturated rings. The second kappa shape index (κ2) is 8.11. The average molecular weight is 440 g/mol. The lowest BCUT2D eigenvalue weighted by Crippen LogP contribution is -2.53. The molecule has 0 saturated carbocycles. The summed E-state index contributed by atoms with van der Waals surface area (Å²) < 4.78 is 0. The van der Waals surface area contributed by atoms with Gasteiger partial charge in [-0.1, -0.05) is 31.6 Å². The van der Waals surface area contributed by atoms with Crippen molar-refractivity contribution in [2.45, 2.75) is 91.6 Å². The fourth-order valence-corrected chi connectivity index (χ4v) is 7.69. The third kappa shape index (κ3) is 3.19. The molecule has 2 N–H and O–H groups in total. The van der Waals surface area contributed by atoms with Crippen molar-refractivity contribution in [2.75, 3.05) is 6.54 Å². The highest BCUT2D eigenvalue weighted by Crippen LogP contribution is 2.55. The molecule has 5 rings (SSSR count). The van der Waals surface area contributed by atoms with Gasteiger partial charge in [-0.25, -0.2) is 5.01 Å². The topological polar surface area (TPSA) is 55.8 Å². The normalized spacial score (nSPS) is 38.8. The molecule has 32 heavy (non-hydrogen) atoms. The molecule has 1 saturated heterocycles. The van der Waals surface area contributed by atoms with E-state index in [0.29, 0.717) is 17.8 Å². The Bertz CT molecular complexity index is 877. The third-order valence-corrected chi connectivity index (χ3v) is 9.06. The van der Waals surface area contributed by atoms with Gasteiger partial charge in [-0.2, -0.15) is 0 Å². The van der Waals surface area contributed by atoms with Crippen LogP contribution >= 0.6 is 0 Å². The van der Waals surface area contributed by atoms with E-state index in [-0.39, 0.29) is 35.9 Å². The highest BCUT2D eigenvalue weighted by molar-refractivity contribution is 5.97. The minimum atomic E-state index is -0.566. The predicted molar refractivity (Wildman–Crippen MR) is 127 cm³/mol. The standard InChI is InChI=1S/C27H41N3O2/c1-14(2)29(15(3)4)27(32)25-21-11-10-20-18-8-7-9-19(20)22(21)12-23-24(25)17(6)26(31)30(23)28-13-16(18)5/h7-8,14-18,20,23-24,26,28,31H,9-13H2,1-6H3/t16-,17?,18-,20?,23?,24?,26+/m0/s1. The highest BCUT2D eigenvalue weighted by Gasteiger charge is 2.54. The average Bonchev–Trinajstić information content (AvgIpc) is 2.98. The summed E-state index contributed by atoms with van der Waals surface area (Å²) >= 11 is 0. The van der Waals surface area contributed by atoms with Crippen molar-refractivity contribution in [1.82, 2.24) is 15.3 Å². The summed E-state index contributed by atoms with van der Waals surface area (Å²) in [6.07, 6.45) is 8.37.